The number of ether oxygens (including phenoxy) is 1. The molecule has 2 atom stereocenters. The van der Waals surface area contributed by atoms with E-state index in [1.165, 1.54) is 12.1 Å². The fraction of sp³-hybridized carbons (Fsp3) is 0.160. The Morgan fingerprint density at radius 2 is 1.80 bits per heavy atom. The second kappa shape index (κ2) is 9.19. The van der Waals surface area contributed by atoms with Crippen molar-refractivity contribution < 1.29 is 19.2 Å². The third-order valence-electron chi connectivity index (χ3n) is 5.97. The normalized spacial score (nSPS) is 19.5. The quantitative estimate of drug-likeness (QED) is 0.382. The van der Waals surface area contributed by atoms with Crippen LogP contribution in [0.25, 0.3) is 0 Å². The maximum absolute atomic E-state index is 13.8. The molecule has 2 heterocycles. The smallest absolute Gasteiger partial charge is 0.416 e. The highest BCUT2D eigenvalue weighted by molar-refractivity contribution is 6.31. The van der Waals surface area contributed by atoms with Gasteiger partial charge in [-0.1, -0.05) is 54.1 Å². The fourth-order valence-corrected chi connectivity index (χ4v) is 4.55. The van der Waals surface area contributed by atoms with Crippen molar-refractivity contribution in [3.8, 4) is 0 Å². The summed E-state index contributed by atoms with van der Waals surface area (Å²) in [5, 5.41) is 18.2. The number of carbonyl (C=O) groups excluding carboxylic acids is 2. The Hall–Kier alpha value is -4.24. The number of hydrogen-bond acceptors (Lipinski definition) is 7. The van der Waals surface area contributed by atoms with Crippen molar-refractivity contribution >= 4 is 40.7 Å². The molecule has 2 amide bonds. The van der Waals surface area contributed by atoms with Crippen LogP contribution in [0.3, 0.4) is 0 Å². The minimum atomic E-state index is -0.932. The topological polar surface area (TPSA) is 105 Å². The number of benzene rings is 3. The van der Waals surface area contributed by atoms with Crippen LogP contribution in [-0.4, -0.2) is 46.7 Å². The second-order valence-corrected chi connectivity index (χ2v) is 8.49. The minimum absolute atomic E-state index is 0.0705. The van der Waals surface area contributed by atoms with E-state index in [1.54, 1.807) is 35.3 Å². The summed E-state index contributed by atoms with van der Waals surface area (Å²) < 4.78 is 5.02. The molecular weight excluding hydrogens is 472 g/mol. The summed E-state index contributed by atoms with van der Waals surface area (Å²) >= 11 is 6.27. The van der Waals surface area contributed by atoms with Gasteiger partial charge < -0.3 is 4.74 Å². The molecule has 0 saturated carbocycles. The number of para-hydroxylation sites is 1. The first-order valence-corrected chi connectivity index (χ1v) is 11.2. The zero-order valence-electron chi connectivity index (χ0n) is 18.3. The van der Waals surface area contributed by atoms with Crippen molar-refractivity contribution in [3.63, 3.8) is 0 Å². The Morgan fingerprint density at radius 3 is 2.43 bits per heavy atom. The summed E-state index contributed by atoms with van der Waals surface area (Å²) in [6, 6.07) is 21.3. The first kappa shape index (κ1) is 22.5. The van der Waals surface area contributed by atoms with E-state index in [4.69, 9.17) is 21.4 Å². The zero-order chi connectivity index (χ0) is 24.5. The van der Waals surface area contributed by atoms with Gasteiger partial charge in [0.2, 0.25) is 0 Å². The van der Waals surface area contributed by atoms with Crippen molar-refractivity contribution in [1.82, 2.24) is 4.90 Å². The summed E-state index contributed by atoms with van der Waals surface area (Å²) in [4.78, 5) is 37.9. The fourth-order valence-electron chi connectivity index (χ4n) is 4.36. The second-order valence-electron chi connectivity index (χ2n) is 8.05. The number of non-ortho nitro benzene ring substituents is 1. The lowest BCUT2D eigenvalue weighted by atomic mass is 9.84. The molecule has 35 heavy (non-hydrogen) atoms. The molecule has 3 aromatic rings. The van der Waals surface area contributed by atoms with E-state index < -0.39 is 28.9 Å². The molecule has 2 aliphatic heterocycles. The van der Waals surface area contributed by atoms with E-state index >= 15 is 0 Å². The highest BCUT2D eigenvalue weighted by Crippen LogP contribution is 2.39. The van der Waals surface area contributed by atoms with E-state index in [0.717, 1.165) is 4.90 Å². The average Bonchev–Trinajstić information content (AvgIpc) is 3.48. The third-order valence-corrected chi connectivity index (χ3v) is 6.21. The van der Waals surface area contributed by atoms with Gasteiger partial charge in [0, 0.05) is 17.2 Å². The van der Waals surface area contributed by atoms with Gasteiger partial charge >= 0.3 is 6.09 Å². The molecule has 10 heteroatoms. The monoisotopic (exact) mass is 490 g/mol. The number of halogens is 1. The van der Waals surface area contributed by atoms with E-state index in [2.05, 4.69) is 0 Å². The van der Waals surface area contributed by atoms with Gasteiger partial charge in [0.25, 0.3) is 11.6 Å². The minimum Gasteiger partial charge on any atom is -0.447 e. The van der Waals surface area contributed by atoms with Gasteiger partial charge in [-0.05, 0) is 35.4 Å². The van der Waals surface area contributed by atoms with E-state index in [9.17, 15) is 19.7 Å². The van der Waals surface area contributed by atoms with Gasteiger partial charge in [-0.3, -0.25) is 19.9 Å². The SMILES string of the molecule is O=C1OCCN1C(=O)[C@@H]1[C@@H](c2ccc([N+](=O)[O-])cc2)C(c2cccc(Cl)c2)=NN1c1ccccc1. The molecule has 9 nitrogen and oxygen atoms in total. The highest BCUT2D eigenvalue weighted by Gasteiger charge is 2.48. The lowest BCUT2D eigenvalue weighted by Gasteiger charge is -2.29. The molecule has 1 saturated heterocycles. The largest absolute Gasteiger partial charge is 0.447 e. The van der Waals surface area contributed by atoms with Gasteiger partial charge in [0.05, 0.1) is 28.8 Å². The number of nitrogens with zero attached hydrogens (tertiary/aromatic N) is 4. The predicted octanol–water partition coefficient (Wildman–Crippen LogP) is 4.60. The molecule has 3 aromatic carbocycles. The van der Waals surface area contributed by atoms with Gasteiger partial charge in [-0.2, -0.15) is 5.10 Å². The van der Waals surface area contributed by atoms with Gasteiger partial charge in [-0.25, -0.2) is 9.69 Å². The van der Waals surface area contributed by atoms with Crippen LogP contribution in [0.1, 0.15) is 17.0 Å². The molecule has 0 aliphatic carbocycles. The maximum Gasteiger partial charge on any atom is 0.416 e. The molecular formula is C25H19ClN4O5. The number of imide groups is 1. The van der Waals surface area contributed by atoms with E-state index in [1.807, 2.05) is 36.4 Å². The van der Waals surface area contributed by atoms with Gasteiger partial charge in [-0.15, -0.1) is 0 Å². The maximum atomic E-state index is 13.8. The molecule has 2 aliphatic rings. The summed E-state index contributed by atoms with van der Waals surface area (Å²) in [5.41, 5.74) is 2.47. The number of nitro groups is 1. The number of cyclic esters (lactones) is 1. The number of amides is 2. The molecule has 0 N–H and O–H groups in total. The number of hydrazone groups is 1. The van der Waals surface area contributed by atoms with Crippen LogP contribution in [0, 0.1) is 10.1 Å². The third kappa shape index (κ3) is 4.22. The number of anilines is 1. The van der Waals surface area contributed by atoms with Crippen molar-refractivity contribution in [2.24, 2.45) is 5.10 Å². The summed E-state index contributed by atoms with van der Waals surface area (Å²) in [6.45, 7) is 0.253. The molecule has 176 valence electrons. The first-order chi connectivity index (χ1) is 16.9. The van der Waals surface area contributed by atoms with Crippen molar-refractivity contribution in [3.05, 3.63) is 105 Å². The lowest BCUT2D eigenvalue weighted by Crippen LogP contribution is -2.48. The predicted molar refractivity (Wildman–Crippen MR) is 130 cm³/mol. The van der Waals surface area contributed by atoms with Crippen LogP contribution in [0.15, 0.2) is 84.0 Å². The van der Waals surface area contributed by atoms with Crippen LogP contribution in [-0.2, 0) is 9.53 Å². The zero-order valence-corrected chi connectivity index (χ0v) is 19.0. The summed E-state index contributed by atoms with van der Waals surface area (Å²) in [5.74, 6) is -1.11. The van der Waals surface area contributed by atoms with Gasteiger partial charge in [0.1, 0.15) is 12.6 Å². The van der Waals surface area contributed by atoms with E-state index in [-0.39, 0.29) is 18.8 Å². The number of carbonyl (C=O) groups is 2. The number of rotatable bonds is 5. The lowest BCUT2D eigenvalue weighted by molar-refractivity contribution is -0.384. The highest BCUT2D eigenvalue weighted by atomic mass is 35.5. The molecule has 0 aromatic heterocycles. The van der Waals surface area contributed by atoms with Crippen LogP contribution in [0.4, 0.5) is 16.2 Å². The Bertz CT molecular complexity index is 1330. The molecule has 5 rings (SSSR count). The number of nitro benzene ring substituents is 1. The molecule has 0 bridgehead atoms. The van der Waals surface area contributed by atoms with Crippen molar-refractivity contribution in [2.75, 3.05) is 18.2 Å². The van der Waals surface area contributed by atoms with Crippen molar-refractivity contribution in [1.29, 1.82) is 0 Å². The Morgan fingerprint density at radius 1 is 1.06 bits per heavy atom. The Kier molecular flexibility index (Phi) is 5.92. The van der Waals surface area contributed by atoms with Crippen LogP contribution < -0.4 is 5.01 Å². The van der Waals surface area contributed by atoms with Crippen LogP contribution in [0.2, 0.25) is 5.02 Å². The Balaban J connectivity index is 1.68. The van der Waals surface area contributed by atoms with E-state index in [0.29, 0.717) is 27.5 Å². The number of hydrogen-bond donors (Lipinski definition) is 0. The molecule has 0 radical (unpaired) electrons. The van der Waals surface area contributed by atoms with Gasteiger partial charge in [0.15, 0.2) is 0 Å². The summed E-state index contributed by atoms with van der Waals surface area (Å²) in [6.07, 6.45) is -0.707. The molecule has 0 unspecified atom stereocenters. The Labute approximate surface area is 205 Å². The first-order valence-electron chi connectivity index (χ1n) is 10.9. The average molecular weight is 491 g/mol. The van der Waals surface area contributed by atoms with Crippen LogP contribution in [0.5, 0.6) is 0 Å². The molecule has 1 fully saturated rings. The van der Waals surface area contributed by atoms with Crippen LogP contribution >= 0.6 is 11.6 Å². The molecule has 0 spiro atoms. The summed E-state index contributed by atoms with van der Waals surface area (Å²) in [7, 11) is 0. The standard InChI is InChI=1S/C25H19ClN4O5/c26-18-6-4-5-17(15-18)22-21(16-9-11-20(12-10-16)30(33)34)23(24(31)28-13-14-35-25(28)32)29(27-22)19-7-2-1-3-8-19/h1-12,15,21,23H,13-14H2/t21-,23-/m0/s1. The van der Waals surface area contributed by atoms with Crippen molar-refractivity contribution in [2.45, 2.75) is 12.0 Å².